The minimum absolute atomic E-state index is 0.195. The monoisotopic (exact) mass is 381 g/mol. The maximum Gasteiger partial charge on any atom is 0.274 e. The molecular formula is C22H31N5O. The number of nitrogens with one attached hydrogen (secondary N) is 2. The van der Waals surface area contributed by atoms with E-state index >= 15 is 0 Å². The number of amides is 1. The zero-order valence-corrected chi connectivity index (χ0v) is 17.1. The second-order valence-corrected chi connectivity index (χ2v) is 7.83. The van der Waals surface area contributed by atoms with Crippen LogP contribution in [-0.2, 0) is 0 Å². The molecule has 1 aromatic carbocycles. The highest BCUT2D eigenvalue weighted by molar-refractivity contribution is 6.03. The lowest BCUT2D eigenvalue weighted by Crippen LogP contribution is -2.32. The van der Waals surface area contributed by atoms with Crippen molar-refractivity contribution < 1.29 is 4.79 Å². The number of hydrogen-bond acceptors (Lipinski definition) is 5. The van der Waals surface area contributed by atoms with Crippen molar-refractivity contribution in [2.45, 2.75) is 19.8 Å². The number of hydrogen-bond donors (Lipinski definition) is 2. The molecule has 0 radical (unpaired) electrons. The van der Waals surface area contributed by atoms with Crippen molar-refractivity contribution in [2.75, 3.05) is 55.8 Å². The number of pyridine rings is 1. The van der Waals surface area contributed by atoms with Crippen LogP contribution < -0.4 is 15.5 Å². The number of rotatable bonds is 7. The summed E-state index contributed by atoms with van der Waals surface area (Å²) in [5, 5.41) is 6.22. The summed E-state index contributed by atoms with van der Waals surface area (Å²) in [7, 11) is 4.07. The Bertz CT molecular complexity index is 750. The molecule has 0 aliphatic carbocycles. The molecule has 1 aliphatic rings. The molecule has 6 nitrogen and oxygen atoms in total. The summed E-state index contributed by atoms with van der Waals surface area (Å²) >= 11 is 0. The molecule has 0 unspecified atom stereocenters. The Labute approximate surface area is 167 Å². The Morgan fingerprint density at radius 2 is 1.79 bits per heavy atom. The van der Waals surface area contributed by atoms with Gasteiger partial charge in [-0.05, 0) is 69.3 Å². The summed E-state index contributed by atoms with van der Waals surface area (Å²) in [6.45, 7) is 6.30. The van der Waals surface area contributed by atoms with Gasteiger partial charge in [-0.15, -0.1) is 0 Å². The maximum absolute atomic E-state index is 12.4. The molecule has 0 spiro atoms. The quantitative estimate of drug-likeness (QED) is 0.768. The van der Waals surface area contributed by atoms with Gasteiger partial charge in [0.1, 0.15) is 5.69 Å². The summed E-state index contributed by atoms with van der Waals surface area (Å²) in [4.78, 5) is 21.2. The molecule has 1 saturated heterocycles. The van der Waals surface area contributed by atoms with E-state index in [0.717, 1.165) is 43.5 Å². The van der Waals surface area contributed by atoms with Crippen molar-refractivity contribution in [1.29, 1.82) is 0 Å². The summed E-state index contributed by atoms with van der Waals surface area (Å²) in [5.41, 5.74) is 3.33. The molecule has 1 fully saturated rings. The molecule has 150 valence electrons. The molecule has 0 saturated carbocycles. The van der Waals surface area contributed by atoms with Crippen molar-refractivity contribution >= 4 is 23.0 Å². The molecule has 0 atom stereocenters. The van der Waals surface area contributed by atoms with Gasteiger partial charge in [0.15, 0.2) is 0 Å². The molecule has 6 heteroatoms. The first-order valence-corrected chi connectivity index (χ1v) is 10.0. The van der Waals surface area contributed by atoms with Gasteiger partial charge in [-0.3, -0.25) is 4.79 Å². The molecular weight excluding hydrogens is 350 g/mol. The minimum atomic E-state index is -0.195. The van der Waals surface area contributed by atoms with Gasteiger partial charge in [-0.1, -0.05) is 6.92 Å². The van der Waals surface area contributed by atoms with Gasteiger partial charge in [0.2, 0.25) is 0 Å². The van der Waals surface area contributed by atoms with E-state index in [1.165, 1.54) is 18.5 Å². The number of carbonyl (C=O) groups excluding carboxylic acids is 1. The van der Waals surface area contributed by atoms with Crippen molar-refractivity contribution in [1.82, 2.24) is 9.88 Å². The Kier molecular flexibility index (Phi) is 6.87. The normalized spacial score (nSPS) is 14.9. The van der Waals surface area contributed by atoms with Gasteiger partial charge in [-0.25, -0.2) is 4.98 Å². The fraction of sp³-hybridized carbons (Fsp3) is 0.455. The molecule has 3 rings (SSSR count). The van der Waals surface area contributed by atoms with E-state index in [-0.39, 0.29) is 5.91 Å². The lowest BCUT2D eigenvalue weighted by atomic mass is 9.99. The van der Waals surface area contributed by atoms with E-state index in [2.05, 4.69) is 44.5 Å². The first kappa shape index (κ1) is 20.1. The van der Waals surface area contributed by atoms with Gasteiger partial charge in [0.25, 0.3) is 5.91 Å². The highest BCUT2D eigenvalue weighted by Crippen LogP contribution is 2.24. The van der Waals surface area contributed by atoms with Gasteiger partial charge in [0.05, 0.1) is 11.9 Å². The summed E-state index contributed by atoms with van der Waals surface area (Å²) in [6.07, 6.45) is 4.18. The third-order valence-electron chi connectivity index (χ3n) is 5.16. The number of piperidine rings is 1. The third kappa shape index (κ3) is 5.70. The van der Waals surface area contributed by atoms with Gasteiger partial charge in [0, 0.05) is 37.6 Å². The molecule has 1 aliphatic heterocycles. The van der Waals surface area contributed by atoms with E-state index in [1.54, 1.807) is 12.3 Å². The first-order valence-electron chi connectivity index (χ1n) is 10.0. The molecule has 2 N–H and O–H groups in total. The van der Waals surface area contributed by atoms with Crippen molar-refractivity contribution in [3.05, 3.63) is 48.3 Å². The second-order valence-electron chi connectivity index (χ2n) is 7.83. The number of benzene rings is 1. The molecule has 0 bridgehead atoms. The van der Waals surface area contributed by atoms with E-state index in [0.29, 0.717) is 5.69 Å². The zero-order valence-electron chi connectivity index (χ0n) is 17.1. The third-order valence-corrected chi connectivity index (χ3v) is 5.16. The van der Waals surface area contributed by atoms with Crippen molar-refractivity contribution in [2.24, 2.45) is 5.92 Å². The van der Waals surface area contributed by atoms with Crippen LogP contribution in [0, 0.1) is 5.92 Å². The number of anilines is 3. The van der Waals surface area contributed by atoms with Crippen LogP contribution in [0.5, 0.6) is 0 Å². The lowest BCUT2D eigenvalue weighted by molar-refractivity contribution is 0.102. The Morgan fingerprint density at radius 1 is 1.11 bits per heavy atom. The number of aromatic nitrogens is 1. The fourth-order valence-corrected chi connectivity index (χ4v) is 3.27. The average molecular weight is 382 g/mol. The van der Waals surface area contributed by atoms with Crippen LogP contribution in [0.1, 0.15) is 30.3 Å². The smallest absolute Gasteiger partial charge is 0.274 e. The van der Waals surface area contributed by atoms with Gasteiger partial charge in [-0.2, -0.15) is 0 Å². The molecule has 1 aromatic heterocycles. The van der Waals surface area contributed by atoms with Crippen LogP contribution in [0.3, 0.4) is 0 Å². The van der Waals surface area contributed by atoms with Crippen LogP contribution in [0.4, 0.5) is 17.1 Å². The van der Waals surface area contributed by atoms with E-state index in [4.69, 9.17) is 0 Å². The summed E-state index contributed by atoms with van der Waals surface area (Å²) in [5.74, 6) is 0.622. The van der Waals surface area contributed by atoms with Crippen LogP contribution >= 0.6 is 0 Å². The van der Waals surface area contributed by atoms with E-state index in [1.807, 2.05) is 32.3 Å². The second kappa shape index (κ2) is 9.55. The maximum atomic E-state index is 12.4. The van der Waals surface area contributed by atoms with Crippen molar-refractivity contribution in [3.63, 3.8) is 0 Å². The Balaban J connectivity index is 1.52. The average Bonchev–Trinajstić information content (AvgIpc) is 2.69. The van der Waals surface area contributed by atoms with E-state index in [9.17, 15) is 4.79 Å². The SMILES string of the molecule is CC1CCN(c2ccc(NC(=O)c3ccc(NCCN(C)C)cn3)cc2)CC1. The predicted molar refractivity (Wildman–Crippen MR) is 116 cm³/mol. The number of likely N-dealkylation sites (N-methyl/N-ethyl adjacent to an activating group) is 1. The fourth-order valence-electron chi connectivity index (χ4n) is 3.27. The molecule has 2 aromatic rings. The van der Waals surface area contributed by atoms with E-state index < -0.39 is 0 Å². The van der Waals surface area contributed by atoms with Gasteiger partial charge < -0.3 is 20.4 Å². The lowest BCUT2D eigenvalue weighted by Gasteiger charge is -2.32. The van der Waals surface area contributed by atoms with Crippen LogP contribution in [-0.4, -0.2) is 56.1 Å². The first-order chi connectivity index (χ1) is 13.5. The van der Waals surface area contributed by atoms with Crippen LogP contribution in [0.25, 0.3) is 0 Å². The largest absolute Gasteiger partial charge is 0.383 e. The zero-order chi connectivity index (χ0) is 19.9. The molecule has 2 heterocycles. The predicted octanol–water partition coefficient (Wildman–Crippen LogP) is 3.54. The summed E-state index contributed by atoms with van der Waals surface area (Å²) < 4.78 is 0. The minimum Gasteiger partial charge on any atom is -0.383 e. The molecule has 28 heavy (non-hydrogen) atoms. The van der Waals surface area contributed by atoms with Gasteiger partial charge >= 0.3 is 0 Å². The Hall–Kier alpha value is -2.60. The van der Waals surface area contributed by atoms with Crippen LogP contribution in [0.15, 0.2) is 42.6 Å². The van der Waals surface area contributed by atoms with Crippen LogP contribution in [0.2, 0.25) is 0 Å². The molecule has 1 amide bonds. The number of carbonyl (C=O) groups is 1. The highest BCUT2D eigenvalue weighted by atomic mass is 16.1. The summed E-state index contributed by atoms with van der Waals surface area (Å²) in [6, 6.07) is 11.7. The topological polar surface area (TPSA) is 60.5 Å². The Morgan fingerprint density at radius 3 is 2.39 bits per heavy atom. The number of nitrogens with zero attached hydrogens (tertiary/aromatic N) is 3. The van der Waals surface area contributed by atoms with Crippen molar-refractivity contribution in [3.8, 4) is 0 Å². The standard InChI is InChI=1S/C22H31N5O/c1-17-10-13-27(14-11-17)20-7-4-18(5-8-20)25-22(28)21-9-6-19(16-24-21)23-12-15-26(2)3/h4-9,16-17,23H,10-15H2,1-3H3,(H,25,28). The highest BCUT2D eigenvalue weighted by Gasteiger charge is 2.16.